The summed E-state index contributed by atoms with van der Waals surface area (Å²) in [6.45, 7) is 6.08. The molecule has 7 nitrogen and oxygen atoms in total. The van der Waals surface area contributed by atoms with Gasteiger partial charge in [-0.3, -0.25) is 19.5 Å². The monoisotopic (exact) mass is 341 g/mol. The molecule has 2 atom stereocenters. The summed E-state index contributed by atoms with van der Waals surface area (Å²) in [6.07, 6.45) is 6.32. The van der Waals surface area contributed by atoms with Crippen LogP contribution in [-0.4, -0.2) is 62.4 Å². The van der Waals surface area contributed by atoms with Crippen molar-refractivity contribution in [1.82, 2.24) is 24.6 Å². The molecule has 0 spiro atoms. The molecule has 4 rings (SSSR count). The number of aryl methyl sites for hydroxylation is 1. The summed E-state index contributed by atoms with van der Waals surface area (Å²) < 4.78 is 7.52. The maximum Gasteiger partial charge on any atom is 0.410 e. The minimum atomic E-state index is -0.190. The van der Waals surface area contributed by atoms with Crippen LogP contribution in [0.15, 0.2) is 36.8 Å². The number of hydrogen-bond donors (Lipinski definition) is 0. The molecule has 2 aromatic rings. The van der Waals surface area contributed by atoms with Gasteiger partial charge in [0.05, 0.1) is 12.2 Å². The normalized spacial score (nSPS) is 23.1. The largest absolute Gasteiger partial charge is 0.442 e. The maximum absolute atomic E-state index is 12.2. The fraction of sp³-hybridized carbons (Fsp3) is 0.500. The third-order valence-electron chi connectivity index (χ3n) is 4.95. The highest BCUT2D eigenvalue weighted by Gasteiger charge is 2.47. The van der Waals surface area contributed by atoms with Crippen molar-refractivity contribution >= 4 is 6.09 Å². The van der Waals surface area contributed by atoms with Crippen molar-refractivity contribution in [2.24, 2.45) is 0 Å². The first-order valence-corrected chi connectivity index (χ1v) is 8.84. The summed E-state index contributed by atoms with van der Waals surface area (Å²) in [6, 6.07) is 6.00. The lowest BCUT2D eigenvalue weighted by molar-refractivity contribution is 0.120. The molecule has 2 aliphatic rings. The highest BCUT2D eigenvalue weighted by Crippen LogP contribution is 2.28. The highest BCUT2D eigenvalue weighted by molar-refractivity contribution is 5.71. The van der Waals surface area contributed by atoms with Crippen LogP contribution in [0.25, 0.3) is 0 Å². The molecule has 7 heteroatoms. The van der Waals surface area contributed by atoms with E-state index in [1.165, 1.54) is 5.56 Å². The molecular formula is C18H23N5O2. The van der Waals surface area contributed by atoms with Crippen molar-refractivity contribution in [3.8, 4) is 0 Å². The zero-order valence-corrected chi connectivity index (χ0v) is 14.4. The molecule has 2 aromatic heterocycles. The van der Waals surface area contributed by atoms with Crippen molar-refractivity contribution in [2.45, 2.75) is 38.6 Å². The number of fused-ring (bicyclic) bond motifs is 1. The number of likely N-dealkylation sites (tertiary alicyclic amines) is 1. The number of carbonyl (C=O) groups is 1. The number of hydrogen-bond acceptors (Lipinski definition) is 5. The van der Waals surface area contributed by atoms with Crippen LogP contribution in [-0.2, 0) is 24.2 Å². The van der Waals surface area contributed by atoms with E-state index in [0.29, 0.717) is 6.54 Å². The molecule has 2 fully saturated rings. The van der Waals surface area contributed by atoms with Gasteiger partial charge in [0.25, 0.3) is 0 Å². The SMILES string of the molecule is CCn1cc(CN2C[C@@H]3OC(=O)N(CCc4ccccn4)[C@@H]3C2)cn1. The van der Waals surface area contributed by atoms with Crippen molar-refractivity contribution in [2.75, 3.05) is 19.6 Å². The molecule has 4 heterocycles. The van der Waals surface area contributed by atoms with E-state index in [0.717, 1.165) is 38.3 Å². The van der Waals surface area contributed by atoms with Gasteiger partial charge in [0.1, 0.15) is 6.10 Å². The first kappa shape index (κ1) is 16.1. The Morgan fingerprint density at radius 3 is 3.00 bits per heavy atom. The lowest BCUT2D eigenvalue weighted by atomic mass is 10.2. The number of amides is 1. The van der Waals surface area contributed by atoms with E-state index in [2.05, 4.69) is 28.1 Å². The average molecular weight is 341 g/mol. The molecular weight excluding hydrogens is 318 g/mol. The van der Waals surface area contributed by atoms with Crippen LogP contribution in [0.5, 0.6) is 0 Å². The van der Waals surface area contributed by atoms with Crippen molar-refractivity contribution in [1.29, 1.82) is 0 Å². The fourth-order valence-corrected chi connectivity index (χ4v) is 3.67. The number of aromatic nitrogens is 3. The highest BCUT2D eigenvalue weighted by atomic mass is 16.6. The number of nitrogens with zero attached hydrogens (tertiary/aromatic N) is 5. The van der Waals surface area contributed by atoms with Gasteiger partial charge in [-0.15, -0.1) is 0 Å². The van der Waals surface area contributed by atoms with Crippen molar-refractivity contribution in [3.05, 3.63) is 48.0 Å². The first-order chi connectivity index (χ1) is 12.2. The zero-order valence-electron chi connectivity index (χ0n) is 14.4. The van der Waals surface area contributed by atoms with Crippen LogP contribution < -0.4 is 0 Å². The van der Waals surface area contributed by atoms with Crippen LogP contribution in [0.1, 0.15) is 18.2 Å². The van der Waals surface area contributed by atoms with E-state index in [9.17, 15) is 4.79 Å². The molecule has 0 aromatic carbocycles. The zero-order chi connectivity index (χ0) is 17.2. The molecule has 2 aliphatic heterocycles. The second-order valence-corrected chi connectivity index (χ2v) is 6.65. The Bertz CT molecular complexity index is 732. The molecule has 2 saturated heterocycles. The summed E-state index contributed by atoms with van der Waals surface area (Å²) in [4.78, 5) is 20.7. The van der Waals surface area contributed by atoms with E-state index in [1.807, 2.05) is 34.0 Å². The van der Waals surface area contributed by atoms with Gasteiger partial charge < -0.3 is 4.74 Å². The molecule has 1 amide bonds. The van der Waals surface area contributed by atoms with E-state index in [4.69, 9.17) is 4.74 Å². The number of ether oxygens (including phenoxy) is 1. The van der Waals surface area contributed by atoms with Gasteiger partial charge in [0, 0.05) is 62.8 Å². The van der Waals surface area contributed by atoms with Crippen molar-refractivity contribution < 1.29 is 9.53 Å². The molecule has 0 saturated carbocycles. The van der Waals surface area contributed by atoms with Gasteiger partial charge in [0.2, 0.25) is 0 Å². The van der Waals surface area contributed by atoms with Crippen LogP contribution in [0.4, 0.5) is 4.79 Å². The second-order valence-electron chi connectivity index (χ2n) is 6.65. The van der Waals surface area contributed by atoms with Crippen LogP contribution in [0.3, 0.4) is 0 Å². The van der Waals surface area contributed by atoms with E-state index < -0.39 is 0 Å². The summed E-state index contributed by atoms with van der Waals surface area (Å²) in [5.41, 5.74) is 2.20. The Labute approximate surface area is 147 Å². The Hall–Kier alpha value is -2.41. The quantitative estimate of drug-likeness (QED) is 0.798. The van der Waals surface area contributed by atoms with Crippen LogP contribution in [0, 0.1) is 0 Å². The predicted molar refractivity (Wildman–Crippen MR) is 91.9 cm³/mol. The summed E-state index contributed by atoms with van der Waals surface area (Å²) in [7, 11) is 0. The summed E-state index contributed by atoms with van der Waals surface area (Å²) >= 11 is 0. The minimum absolute atomic E-state index is 0.0301. The van der Waals surface area contributed by atoms with E-state index >= 15 is 0 Å². The molecule has 25 heavy (non-hydrogen) atoms. The molecule has 0 bridgehead atoms. The Kier molecular flexibility index (Phi) is 4.40. The van der Waals surface area contributed by atoms with Gasteiger partial charge in [-0.1, -0.05) is 6.07 Å². The van der Waals surface area contributed by atoms with Gasteiger partial charge in [-0.25, -0.2) is 4.79 Å². The number of carbonyl (C=O) groups excluding carboxylic acids is 1. The molecule has 0 unspecified atom stereocenters. The number of pyridine rings is 1. The van der Waals surface area contributed by atoms with Gasteiger partial charge >= 0.3 is 6.09 Å². The van der Waals surface area contributed by atoms with E-state index in [-0.39, 0.29) is 18.2 Å². The smallest absolute Gasteiger partial charge is 0.410 e. The van der Waals surface area contributed by atoms with Crippen molar-refractivity contribution in [3.63, 3.8) is 0 Å². The Morgan fingerprint density at radius 1 is 1.32 bits per heavy atom. The average Bonchev–Trinajstić information content (AvgIpc) is 3.29. The topological polar surface area (TPSA) is 63.5 Å². The Balaban J connectivity index is 1.36. The van der Waals surface area contributed by atoms with Gasteiger partial charge in [-0.2, -0.15) is 5.10 Å². The summed E-state index contributed by atoms with van der Waals surface area (Å²) in [5, 5.41) is 4.33. The molecule has 0 radical (unpaired) electrons. The maximum atomic E-state index is 12.2. The lowest BCUT2D eigenvalue weighted by Gasteiger charge is -2.22. The summed E-state index contributed by atoms with van der Waals surface area (Å²) in [5.74, 6) is 0. The standard InChI is InChI=1S/C18H23N5O2/c1-2-22-11-14(9-20-22)10-21-12-16-17(13-21)25-18(24)23(16)8-6-15-5-3-4-7-19-15/h3-5,7,9,11,16-17H,2,6,8,10,12-13H2,1H3/t16-,17+/m1/s1. The number of rotatable bonds is 6. The predicted octanol–water partition coefficient (Wildman–Crippen LogP) is 1.55. The molecule has 0 aliphatic carbocycles. The minimum Gasteiger partial charge on any atom is -0.442 e. The fourth-order valence-electron chi connectivity index (χ4n) is 3.67. The second kappa shape index (κ2) is 6.84. The van der Waals surface area contributed by atoms with Crippen LogP contribution in [0.2, 0.25) is 0 Å². The van der Waals surface area contributed by atoms with Gasteiger partial charge in [-0.05, 0) is 19.1 Å². The van der Waals surface area contributed by atoms with Crippen LogP contribution >= 0.6 is 0 Å². The van der Waals surface area contributed by atoms with E-state index in [1.54, 1.807) is 6.20 Å². The lowest BCUT2D eigenvalue weighted by Crippen LogP contribution is -2.39. The molecule has 132 valence electrons. The van der Waals surface area contributed by atoms with Gasteiger partial charge in [0.15, 0.2) is 0 Å². The molecule has 0 N–H and O–H groups in total. The third kappa shape index (κ3) is 3.37. The third-order valence-corrected chi connectivity index (χ3v) is 4.95. The first-order valence-electron chi connectivity index (χ1n) is 8.84. The Morgan fingerprint density at radius 2 is 2.24 bits per heavy atom.